The molecule has 3 rings (SSSR count). The Kier molecular flexibility index (Phi) is 1.34. The first kappa shape index (κ1) is 7.51. The molecule has 0 radical (unpaired) electrons. The minimum Gasteiger partial charge on any atom is -0.323 e. The highest BCUT2D eigenvalue weighted by atomic mass is 14.8. The van der Waals surface area contributed by atoms with Gasteiger partial charge in [-0.1, -0.05) is 6.07 Å². The van der Waals surface area contributed by atoms with Gasteiger partial charge in [0, 0.05) is 17.9 Å². The van der Waals surface area contributed by atoms with Crippen molar-refractivity contribution >= 4 is 0 Å². The molecule has 2 aliphatic carbocycles. The van der Waals surface area contributed by atoms with Crippen LogP contribution in [0, 0.1) is 5.41 Å². The summed E-state index contributed by atoms with van der Waals surface area (Å²) in [6.07, 6.45) is 6.89. The summed E-state index contributed by atoms with van der Waals surface area (Å²) in [6, 6.07) is 4.40. The number of pyridine rings is 1. The highest BCUT2D eigenvalue weighted by Crippen LogP contribution is 2.59. The molecule has 2 heteroatoms. The Morgan fingerprint density at radius 2 is 2.23 bits per heavy atom. The lowest BCUT2D eigenvalue weighted by molar-refractivity contribution is 0.350. The number of rotatable bonds is 0. The summed E-state index contributed by atoms with van der Waals surface area (Å²) >= 11 is 0. The fourth-order valence-electron chi connectivity index (χ4n) is 2.52. The van der Waals surface area contributed by atoms with Gasteiger partial charge in [-0.15, -0.1) is 0 Å². The van der Waals surface area contributed by atoms with E-state index in [1.807, 2.05) is 12.3 Å². The maximum atomic E-state index is 6.25. The van der Waals surface area contributed by atoms with Crippen molar-refractivity contribution in [3.63, 3.8) is 0 Å². The van der Waals surface area contributed by atoms with Crippen molar-refractivity contribution < 1.29 is 0 Å². The van der Waals surface area contributed by atoms with Gasteiger partial charge in [-0.2, -0.15) is 0 Å². The van der Waals surface area contributed by atoms with Crippen molar-refractivity contribution in [2.45, 2.75) is 31.7 Å². The summed E-state index contributed by atoms with van der Waals surface area (Å²) in [5.74, 6) is 0. The molecule has 68 valence electrons. The van der Waals surface area contributed by atoms with Gasteiger partial charge >= 0.3 is 0 Å². The Morgan fingerprint density at radius 1 is 1.38 bits per heavy atom. The number of hydrogen-bond donors (Lipinski definition) is 1. The molecular weight excluding hydrogens is 160 g/mol. The molecule has 1 aromatic heterocycles. The van der Waals surface area contributed by atoms with E-state index in [0.717, 1.165) is 6.42 Å². The van der Waals surface area contributed by atoms with Crippen molar-refractivity contribution in [3.8, 4) is 0 Å². The lowest BCUT2D eigenvalue weighted by Crippen LogP contribution is -2.29. The average molecular weight is 174 g/mol. The summed E-state index contributed by atoms with van der Waals surface area (Å²) in [4.78, 5) is 4.38. The first-order valence-corrected chi connectivity index (χ1v) is 5.01. The molecule has 1 heterocycles. The third-order valence-electron chi connectivity index (χ3n) is 3.67. The second-order valence-electron chi connectivity index (χ2n) is 4.38. The maximum absolute atomic E-state index is 6.25. The van der Waals surface area contributed by atoms with E-state index in [4.69, 9.17) is 5.73 Å². The fourth-order valence-corrected chi connectivity index (χ4v) is 2.52. The molecule has 1 atom stereocenters. The molecule has 13 heavy (non-hydrogen) atoms. The largest absolute Gasteiger partial charge is 0.323 e. The van der Waals surface area contributed by atoms with Crippen molar-refractivity contribution in [2.24, 2.45) is 11.1 Å². The maximum Gasteiger partial charge on any atom is 0.0451 e. The Morgan fingerprint density at radius 3 is 3.00 bits per heavy atom. The van der Waals surface area contributed by atoms with E-state index in [-0.39, 0.29) is 6.04 Å². The zero-order valence-corrected chi connectivity index (χ0v) is 7.66. The monoisotopic (exact) mass is 174 g/mol. The van der Waals surface area contributed by atoms with E-state index in [1.165, 1.54) is 30.5 Å². The van der Waals surface area contributed by atoms with Crippen LogP contribution >= 0.6 is 0 Å². The summed E-state index contributed by atoms with van der Waals surface area (Å²) in [7, 11) is 0. The average Bonchev–Trinajstić information content (AvgIpc) is 2.94. The molecule has 2 nitrogen and oxygen atoms in total. The number of hydrogen-bond acceptors (Lipinski definition) is 2. The summed E-state index contributed by atoms with van der Waals surface area (Å²) in [6.45, 7) is 0. The lowest BCUT2D eigenvalue weighted by Gasteiger charge is -2.30. The van der Waals surface area contributed by atoms with E-state index in [0.29, 0.717) is 5.41 Å². The Bertz CT molecular complexity index is 342. The molecule has 1 fully saturated rings. The minimum atomic E-state index is 0.255. The van der Waals surface area contributed by atoms with Crippen LogP contribution in [0.3, 0.4) is 0 Å². The van der Waals surface area contributed by atoms with Crippen LogP contribution in [0.1, 0.15) is 36.6 Å². The summed E-state index contributed by atoms with van der Waals surface area (Å²) < 4.78 is 0. The Labute approximate surface area is 78.2 Å². The van der Waals surface area contributed by atoms with Crippen molar-refractivity contribution in [1.29, 1.82) is 0 Å². The van der Waals surface area contributed by atoms with Crippen LogP contribution in [0.15, 0.2) is 18.3 Å². The molecule has 0 aromatic carbocycles. The van der Waals surface area contributed by atoms with Crippen LogP contribution in [0.25, 0.3) is 0 Å². The molecule has 2 N–H and O–H groups in total. The third-order valence-corrected chi connectivity index (χ3v) is 3.67. The summed E-state index contributed by atoms with van der Waals surface area (Å²) in [5.41, 5.74) is 9.24. The van der Waals surface area contributed by atoms with E-state index in [2.05, 4.69) is 11.1 Å². The van der Waals surface area contributed by atoms with E-state index < -0.39 is 0 Å². The molecule has 1 spiro atoms. The van der Waals surface area contributed by atoms with Gasteiger partial charge in [0.25, 0.3) is 0 Å². The van der Waals surface area contributed by atoms with Gasteiger partial charge in [0.1, 0.15) is 0 Å². The lowest BCUT2D eigenvalue weighted by atomic mass is 9.80. The zero-order chi connectivity index (χ0) is 8.89. The van der Waals surface area contributed by atoms with Crippen LogP contribution in [0.2, 0.25) is 0 Å². The first-order valence-electron chi connectivity index (χ1n) is 5.01. The molecule has 2 aliphatic rings. The van der Waals surface area contributed by atoms with Gasteiger partial charge in [-0.3, -0.25) is 4.98 Å². The molecule has 1 aromatic rings. The van der Waals surface area contributed by atoms with Gasteiger partial charge in [0.2, 0.25) is 0 Å². The highest BCUT2D eigenvalue weighted by molar-refractivity contribution is 5.31. The Balaban J connectivity index is 2.08. The van der Waals surface area contributed by atoms with Gasteiger partial charge in [0.15, 0.2) is 0 Å². The third kappa shape index (κ3) is 0.953. The number of nitrogens with two attached hydrogens (primary N) is 1. The number of aryl methyl sites for hydroxylation is 1. The molecular formula is C11H14N2. The highest BCUT2D eigenvalue weighted by Gasteiger charge is 2.50. The van der Waals surface area contributed by atoms with Crippen molar-refractivity contribution in [3.05, 3.63) is 29.6 Å². The summed E-state index contributed by atoms with van der Waals surface area (Å²) in [5, 5.41) is 0. The van der Waals surface area contributed by atoms with E-state index in [1.54, 1.807) is 0 Å². The van der Waals surface area contributed by atoms with Gasteiger partial charge in [-0.25, -0.2) is 0 Å². The van der Waals surface area contributed by atoms with Gasteiger partial charge < -0.3 is 5.73 Å². The van der Waals surface area contributed by atoms with Crippen molar-refractivity contribution in [1.82, 2.24) is 4.98 Å². The topological polar surface area (TPSA) is 38.9 Å². The smallest absolute Gasteiger partial charge is 0.0451 e. The standard InChI is InChI=1S/C11H14N2/c12-10-8-2-1-7-13-9(8)3-4-11(10)5-6-11/h1-2,7,10H,3-6,12H2. The molecule has 0 aliphatic heterocycles. The quantitative estimate of drug-likeness (QED) is 0.651. The first-order chi connectivity index (χ1) is 6.32. The number of aromatic nitrogens is 1. The zero-order valence-electron chi connectivity index (χ0n) is 7.66. The van der Waals surface area contributed by atoms with Crippen LogP contribution in [-0.4, -0.2) is 4.98 Å². The number of fused-ring (bicyclic) bond motifs is 1. The predicted octanol–water partition coefficient (Wildman–Crippen LogP) is 1.81. The second-order valence-corrected chi connectivity index (χ2v) is 4.38. The molecule has 0 amide bonds. The van der Waals surface area contributed by atoms with Gasteiger partial charge in [-0.05, 0) is 42.7 Å². The van der Waals surface area contributed by atoms with E-state index in [9.17, 15) is 0 Å². The Hall–Kier alpha value is -0.890. The number of nitrogens with zero attached hydrogens (tertiary/aromatic N) is 1. The van der Waals surface area contributed by atoms with Crippen LogP contribution in [0.5, 0.6) is 0 Å². The predicted molar refractivity (Wildman–Crippen MR) is 51.2 cm³/mol. The molecule has 0 saturated heterocycles. The normalized spacial score (nSPS) is 28.5. The fraction of sp³-hybridized carbons (Fsp3) is 0.545. The molecule has 0 bridgehead atoms. The molecule has 1 unspecified atom stereocenters. The van der Waals surface area contributed by atoms with Crippen LogP contribution in [0.4, 0.5) is 0 Å². The molecule has 1 saturated carbocycles. The second kappa shape index (κ2) is 2.32. The van der Waals surface area contributed by atoms with Crippen molar-refractivity contribution in [2.75, 3.05) is 0 Å². The SMILES string of the molecule is NC1c2cccnc2CCC12CC2. The van der Waals surface area contributed by atoms with E-state index >= 15 is 0 Å². The van der Waals surface area contributed by atoms with Crippen LogP contribution in [-0.2, 0) is 6.42 Å². The van der Waals surface area contributed by atoms with Crippen LogP contribution < -0.4 is 5.73 Å². The van der Waals surface area contributed by atoms with Gasteiger partial charge in [0.05, 0.1) is 0 Å². The minimum absolute atomic E-state index is 0.255.